The van der Waals surface area contributed by atoms with Crippen molar-refractivity contribution < 1.29 is 0 Å². The highest BCUT2D eigenvalue weighted by Crippen LogP contribution is 2.22. The second kappa shape index (κ2) is 9.46. The molecule has 0 aliphatic rings. The Morgan fingerprint density at radius 3 is 2.67 bits per heavy atom. The third-order valence-electron chi connectivity index (χ3n) is 3.09. The van der Waals surface area contributed by atoms with Crippen molar-refractivity contribution in [3.8, 4) is 0 Å². The van der Waals surface area contributed by atoms with Crippen molar-refractivity contribution in [2.75, 3.05) is 18.8 Å². The lowest BCUT2D eigenvalue weighted by Gasteiger charge is -2.07. The fourth-order valence-electron chi connectivity index (χ4n) is 1.90. The Hall–Kier alpha value is -0.470. The van der Waals surface area contributed by atoms with Gasteiger partial charge < -0.3 is 5.32 Å². The summed E-state index contributed by atoms with van der Waals surface area (Å²) in [7, 11) is 0. The van der Waals surface area contributed by atoms with Crippen molar-refractivity contribution in [2.24, 2.45) is 0 Å². The van der Waals surface area contributed by atoms with Crippen LogP contribution in [0.5, 0.6) is 0 Å². The van der Waals surface area contributed by atoms with E-state index in [9.17, 15) is 0 Å². The maximum absolute atomic E-state index is 3.53. The van der Waals surface area contributed by atoms with Crippen LogP contribution in [0.3, 0.4) is 0 Å². The zero-order valence-corrected chi connectivity index (χ0v) is 12.9. The quantitative estimate of drug-likeness (QED) is 0.518. The molecule has 1 aromatic carbocycles. The highest BCUT2D eigenvalue weighted by molar-refractivity contribution is 7.99. The van der Waals surface area contributed by atoms with Gasteiger partial charge in [0, 0.05) is 17.2 Å². The van der Waals surface area contributed by atoms with Crippen LogP contribution in [0.2, 0.25) is 0 Å². The Labute approximate surface area is 117 Å². The van der Waals surface area contributed by atoms with E-state index in [4.69, 9.17) is 0 Å². The van der Waals surface area contributed by atoms with Gasteiger partial charge in [0.25, 0.3) is 0 Å². The van der Waals surface area contributed by atoms with Gasteiger partial charge in [0.05, 0.1) is 0 Å². The largest absolute Gasteiger partial charge is 0.316 e. The predicted molar refractivity (Wildman–Crippen MR) is 83.7 cm³/mol. The van der Waals surface area contributed by atoms with E-state index < -0.39 is 0 Å². The standard InChI is InChI=1S/C16H27NS/c1-4-5-6-7-10-17-11-12-18-16-13-14(2)8-9-15(16)3/h8-9,13,17H,4-7,10-12H2,1-3H3. The van der Waals surface area contributed by atoms with E-state index in [0.29, 0.717) is 0 Å². The van der Waals surface area contributed by atoms with Gasteiger partial charge in [0.15, 0.2) is 0 Å². The number of benzene rings is 1. The first kappa shape index (κ1) is 15.6. The maximum atomic E-state index is 3.53. The third kappa shape index (κ3) is 6.46. The fourth-order valence-corrected chi connectivity index (χ4v) is 2.93. The molecule has 1 nitrogen and oxygen atoms in total. The minimum atomic E-state index is 1.12. The molecular weight excluding hydrogens is 238 g/mol. The molecule has 0 aliphatic carbocycles. The van der Waals surface area contributed by atoms with E-state index in [2.05, 4.69) is 44.3 Å². The number of aryl methyl sites for hydroxylation is 2. The maximum Gasteiger partial charge on any atom is 0.0106 e. The lowest BCUT2D eigenvalue weighted by atomic mass is 10.2. The molecule has 1 N–H and O–H groups in total. The molecule has 102 valence electrons. The van der Waals surface area contributed by atoms with Crippen LogP contribution in [-0.4, -0.2) is 18.8 Å². The number of nitrogens with one attached hydrogen (secondary N) is 1. The van der Waals surface area contributed by atoms with Crippen molar-refractivity contribution in [3.05, 3.63) is 29.3 Å². The Bertz CT molecular complexity index is 336. The van der Waals surface area contributed by atoms with E-state index in [1.807, 2.05) is 11.8 Å². The summed E-state index contributed by atoms with van der Waals surface area (Å²) in [6, 6.07) is 6.70. The molecular formula is C16H27NS. The summed E-state index contributed by atoms with van der Waals surface area (Å²) in [6.45, 7) is 8.90. The molecule has 1 aromatic rings. The van der Waals surface area contributed by atoms with Crippen molar-refractivity contribution in [2.45, 2.75) is 51.3 Å². The molecule has 0 unspecified atom stereocenters. The number of hydrogen-bond donors (Lipinski definition) is 1. The van der Waals surface area contributed by atoms with Gasteiger partial charge in [-0.15, -0.1) is 11.8 Å². The Balaban J connectivity index is 2.09. The summed E-state index contributed by atoms with van der Waals surface area (Å²) in [6.07, 6.45) is 5.39. The lowest BCUT2D eigenvalue weighted by molar-refractivity contribution is 0.613. The summed E-state index contributed by atoms with van der Waals surface area (Å²) in [4.78, 5) is 1.43. The first-order chi connectivity index (χ1) is 8.74. The number of hydrogen-bond acceptors (Lipinski definition) is 2. The smallest absolute Gasteiger partial charge is 0.0106 e. The monoisotopic (exact) mass is 265 g/mol. The van der Waals surface area contributed by atoms with E-state index in [0.717, 1.165) is 12.3 Å². The molecule has 0 atom stereocenters. The van der Waals surface area contributed by atoms with Crippen LogP contribution in [0.15, 0.2) is 23.1 Å². The first-order valence-electron chi connectivity index (χ1n) is 7.15. The van der Waals surface area contributed by atoms with Crippen LogP contribution >= 0.6 is 11.8 Å². The van der Waals surface area contributed by atoms with Crippen molar-refractivity contribution in [1.29, 1.82) is 0 Å². The second-order valence-corrected chi connectivity index (χ2v) is 6.06. The van der Waals surface area contributed by atoms with E-state index in [-0.39, 0.29) is 0 Å². The Morgan fingerprint density at radius 1 is 1.06 bits per heavy atom. The van der Waals surface area contributed by atoms with Crippen LogP contribution in [-0.2, 0) is 0 Å². The second-order valence-electron chi connectivity index (χ2n) is 4.93. The summed E-state index contributed by atoms with van der Waals surface area (Å²) in [5.74, 6) is 1.16. The van der Waals surface area contributed by atoms with Crippen molar-refractivity contribution in [1.82, 2.24) is 5.32 Å². The molecule has 2 heteroatoms. The average molecular weight is 265 g/mol. The molecule has 0 heterocycles. The molecule has 0 spiro atoms. The summed E-state index contributed by atoms with van der Waals surface area (Å²) in [5, 5.41) is 3.53. The molecule has 0 aliphatic heterocycles. The fraction of sp³-hybridized carbons (Fsp3) is 0.625. The molecule has 1 rings (SSSR count). The van der Waals surface area contributed by atoms with Crippen molar-refractivity contribution >= 4 is 11.8 Å². The molecule has 0 saturated carbocycles. The van der Waals surface area contributed by atoms with E-state index >= 15 is 0 Å². The molecule has 0 fully saturated rings. The van der Waals surface area contributed by atoms with Gasteiger partial charge in [0.2, 0.25) is 0 Å². The van der Waals surface area contributed by atoms with Gasteiger partial charge in [0.1, 0.15) is 0 Å². The SMILES string of the molecule is CCCCCCNCCSc1cc(C)ccc1C. The van der Waals surface area contributed by atoms with E-state index in [1.165, 1.54) is 48.3 Å². The lowest BCUT2D eigenvalue weighted by Crippen LogP contribution is -2.18. The Morgan fingerprint density at radius 2 is 1.89 bits per heavy atom. The normalized spacial score (nSPS) is 10.8. The summed E-state index contributed by atoms with van der Waals surface area (Å²) >= 11 is 1.97. The predicted octanol–water partition coefficient (Wildman–Crippen LogP) is 4.57. The third-order valence-corrected chi connectivity index (χ3v) is 4.25. The first-order valence-corrected chi connectivity index (χ1v) is 8.13. The van der Waals surface area contributed by atoms with Crippen LogP contribution in [0.1, 0.15) is 43.7 Å². The van der Waals surface area contributed by atoms with Crippen molar-refractivity contribution in [3.63, 3.8) is 0 Å². The Kier molecular flexibility index (Phi) is 8.19. The molecule has 18 heavy (non-hydrogen) atoms. The van der Waals surface area contributed by atoms with Gasteiger partial charge in [-0.25, -0.2) is 0 Å². The number of unbranched alkanes of at least 4 members (excludes halogenated alkanes) is 3. The van der Waals surface area contributed by atoms with Crippen LogP contribution in [0, 0.1) is 13.8 Å². The van der Waals surface area contributed by atoms with Gasteiger partial charge in [-0.2, -0.15) is 0 Å². The number of rotatable bonds is 9. The minimum absolute atomic E-state index is 1.12. The molecule has 0 bridgehead atoms. The highest BCUT2D eigenvalue weighted by atomic mass is 32.2. The van der Waals surface area contributed by atoms with Gasteiger partial charge >= 0.3 is 0 Å². The molecule has 0 amide bonds. The van der Waals surface area contributed by atoms with Gasteiger partial charge in [-0.05, 0) is 38.4 Å². The van der Waals surface area contributed by atoms with Crippen LogP contribution in [0.4, 0.5) is 0 Å². The highest BCUT2D eigenvalue weighted by Gasteiger charge is 1.99. The topological polar surface area (TPSA) is 12.0 Å². The van der Waals surface area contributed by atoms with Crippen LogP contribution < -0.4 is 5.32 Å². The van der Waals surface area contributed by atoms with E-state index in [1.54, 1.807) is 0 Å². The molecule has 0 saturated heterocycles. The van der Waals surface area contributed by atoms with Gasteiger partial charge in [-0.1, -0.05) is 43.9 Å². The zero-order valence-electron chi connectivity index (χ0n) is 12.1. The minimum Gasteiger partial charge on any atom is -0.316 e. The van der Waals surface area contributed by atoms with Gasteiger partial charge in [-0.3, -0.25) is 0 Å². The molecule has 0 aromatic heterocycles. The van der Waals surface area contributed by atoms with Crippen LogP contribution in [0.25, 0.3) is 0 Å². The average Bonchev–Trinajstić information content (AvgIpc) is 2.36. The summed E-state index contributed by atoms with van der Waals surface area (Å²) < 4.78 is 0. The summed E-state index contributed by atoms with van der Waals surface area (Å²) in [5.41, 5.74) is 2.75. The number of thioether (sulfide) groups is 1. The zero-order chi connectivity index (χ0) is 13.2. The molecule has 0 radical (unpaired) electrons.